The number of rotatable bonds is 5. The summed E-state index contributed by atoms with van der Waals surface area (Å²) in [5, 5.41) is 7.80. The number of hydrogen-bond donors (Lipinski definition) is 1. The van der Waals surface area contributed by atoms with E-state index in [1.807, 2.05) is 6.07 Å². The molecule has 0 fully saturated rings. The molecule has 0 atom stereocenters. The monoisotopic (exact) mass is 229 g/mol. The van der Waals surface area contributed by atoms with Crippen molar-refractivity contribution < 1.29 is 9.53 Å². The van der Waals surface area contributed by atoms with Gasteiger partial charge in [0.2, 0.25) is 0 Å². The van der Waals surface area contributed by atoms with Crippen LogP contribution in [0, 0.1) is 5.41 Å². The molecule has 88 valence electrons. The molecule has 1 rings (SSSR count). The maximum absolute atomic E-state index is 11.5. The van der Waals surface area contributed by atoms with Gasteiger partial charge in [0.1, 0.15) is 5.71 Å². The van der Waals surface area contributed by atoms with Crippen molar-refractivity contribution in [1.29, 1.82) is 5.41 Å². The molecule has 0 saturated heterocycles. The van der Waals surface area contributed by atoms with E-state index in [0.717, 1.165) is 11.1 Å². The van der Waals surface area contributed by atoms with E-state index in [1.54, 1.807) is 31.2 Å². The molecule has 0 amide bonds. The van der Waals surface area contributed by atoms with E-state index in [2.05, 4.69) is 13.2 Å². The van der Waals surface area contributed by atoms with E-state index in [0.29, 0.717) is 5.56 Å². The van der Waals surface area contributed by atoms with Crippen molar-refractivity contribution in [3.8, 4) is 0 Å². The van der Waals surface area contributed by atoms with Crippen LogP contribution < -0.4 is 0 Å². The summed E-state index contributed by atoms with van der Waals surface area (Å²) in [6.07, 6.45) is 3.28. The predicted molar refractivity (Wildman–Crippen MR) is 70.1 cm³/mol. The van der Waals surface area contributed by atoms with Crippen molar-refractivity contribution in [1.82, 2.24) is 0 Å². The number of esters is 1. The van der Waals surface area contributed by atoms with E-state index >= 15 is 0 Å². The summed E-state index contributed by atoms with van der Waals surface area (Å²) in [5.74, 6) is -0.628. The molecule has 0 spiro atoms. The highest BCUT2D eigenvalue weighted by Gasteiger charge is 2.16. The quantitative estimate of drug-likeness (QED) is 0.623. The molecule has 0 aliphatic carbocycles. The van der Waals surface area contributed by atoms with Gasteiger partial charge in [-0.05, 0) is 18.1 Å². The molecule has 0 radical (unpaired) electrons. The van der Waals surface area contributed by atoms with Gasteiger partial charge in [-0.2, -0.15) is 0 Å². The molecule has 0 bridgehead atoms. The molecular formula is C14H15NO2. The Kier molecular flexibility index (Phi) is 4.40. The van der Waals surface area contributed by atoms with E-state index in [4.69, 9.17) is 10.1 Å². The zero-order chi connectivity index (χ0) is 12.8. The van der Waals surface area contributed by atoms with E-state index in [1.165, 1.54) is 0 Å². The molecule has 0 aliphatic rings. The fourth-order valence-corrected chi connectivity index (χ4v) is 1.52. The summed E-state index contributed by atoms with van der Waals surface area (Å²) in [7, 11) is 0. The molecule has 0 unspecified atom stereocenters. The Balaban J connectivity index is 3.22. The first-order valence-corrected chi connectivity index (χ1v) is 5.29. The zero-order valence-corrected chi connectivity index (χ0v) is 9.82. The van der Waals surface area contributed by atoms with Crippen molar-refractivity contribution in [3.05, 3.63) is 48.0 Å². The van der Waals surface area contributed by atoms with Crippen molar-refractivity contribution in [2.45, 2.75) is 6.92 Å². The summed E-state index contributed by atoms with van der Waals surface area (Å²) in [5.41, 5.74) is 1.91. The summed E-state index contributed by atoms with van der Waals surface area (Å²) in [4.78, 5) is 11.5. The minimum atomic E-state index is -0.628. The van der Waals surface area contributed by atoms with Crippen LogP contribution in [0.4, 0.5) is 0 Å². The lowest BCUT2D eigenvalue weighted by atomic mass is 9.97. The second kappa shape index (κ2) is 5.80. The molecule has 0 saturated carbocycles. The van der Waals surface area contributed by atoms with Gasteiger partial charge >= 0.3 is 5.97 Å². The van der Waals surface area contributed by atoms with Crippen LogP contribution in [0.25, 0.3) is 12.2 Å². The van der Waals surface area contributed by atoms with Crippen molar-refractivity contribution in [2.75, 3.05) is 6.61 Å². The van der Waals surface area contributed by atoms with Crippen LogP contribution in [0.15, 0.2) is 31.4 Å². The number of carbonyl (C=O) groups excluding carboxylic acids is 1. The summed E-state index contributed by atoms with van der Waals surface area (Å²) in [6, 6.07) is 5.32. The normalized spacial score (nSPS) is 9.47. The van der Waals surface area contributed by atoms with Gasteiger partial charge in [0, 0.05) is 5.56 Å². The maximum atomic E-state index is 11.5. The van der Waals surface area contributed by atoms with Crippen LogP contribution >= 0.6 is 0 Å². The third-order valence-corrected chi connectivity index (χ3v) is 2.31. The minimum Gasteiger partial charge on any atom is -0.461 e. The molecule has 3 heteroatoms. The largest absolute Gasteiger partial charge is 0.461 e. The first kappa shape index (κ1) is 12.9. The van der Waals surface area contributed by atoms with Crippen LogP contribution in [0.2, 0.25) is 0 Å². The highest BCUT2D eigenvalue weighted by Crippen LogP contribution is 2.18. The Labute approximate surface area is 101 Å². The van der Waals surface area contributed by atoms with Gasteiger partial charge in [0.25, 0.3) is 0 Å². The zero-order valence-electron chi connectivity index (χ0n) is 9.82. The Bertz CT molecular complexity index is 475. The van der Waals surface area contributed by atoms with E-state index < -0.39 is 5.97 Å². The fraction of sp³-hybridized carbons (Fsp3) is 0.143. The number of hydrogen-bond acceptors (Lipinski definition) is 3. The lowest BCUT2D eigenvalue weighted by Gasteiger charge is -2.09. The molecular weight excluding hydrogens is 214 g/mol. The average Bonchev–Trinajstić information content (AvgIpc) is 2.36. The lowest BCUT2D eigenvalue weighted by Crippen LogP contribution is -2.18. The van der Waals surface area contributed by atoms with Gasteiger partial charge in [-0.25, -0.2) is 4.79 Å². The molecule has 0 heterocycles. The first-order chi connectivity index (χ1) is 8.15. The highest BCUT2D eigenvalue weighted by molar-refractivity contribution is 6.42. The SMILES string of the molecule is C=Cc1cccc(C(=N)C(=O)OCC)c1C=C. The van der Waals surface area contributed by atoms with Gasteiger partial charge < -0.3 is 4.74 Å². The average molecular weight is 229 g/mol. The van der Waals surface area contributed by atoms with Crippen molar-refractivity contribution in [3.63, 3.8) is 0 Å². The third-order valence-electron chi connectivity index (χ3n) is 2.31. The molecule has 0 aliphatic heterocycles. The van der Waals surface area contributed by atoms with Crippen LogP contribution in [-0.2, 0) is 9.53 Å². The van der Waals surface area contributed by atoms with Crippen LogP contribution in [0.1, 0.15) is 23.6 Å². The molecule has 0 aromatic heterocycles. The number of carbonyl (C=O) groups is 1. The minimum absolute atomic E-state index is 0.162. The third kappa shape index (κ3) is 2.69. The summed E-state index contributed by atoms with van der Waals surface area (Å²) in [6.45, 7) is 9.34. The second-order valence-corrected chi connectivity index (χ2v) is 3.31. The molecule has 1 aromatic rings. The topological polar surface area (TPSA) is 50.2 Å². The van der Waals surface area contributed by atoms with Crippen LogP contribution in [0.5, 0.6) is 0 Å². The Morgan fingerprint density at radius 1 is 1.41 bits per heavy atom. The Morgan fingerprint density at radius 2 is 2.12 bits per heavy atom. The van der Waals surface area contributed by atoms with Crippen LogP contribution in [-0.4, -0.2) is 18.3 Å². The van der Waals surface area contributed by atoms with Gasteiger partial charge in [-0.15, -0.1) is 0 Å². The van der Waals surface area contributed by atoms with Gasteiger partial charge in [0.15, 0.2) is 0 Å². The smallest absolute Gasteiger partial charge is 0.356 e. The van der Waals surface area contributed by atoms with Crippen LogP contribution in [0.3, 0.4) is 0 Å². The van der Waals surface area contributed by atoms with E-state index in [-0.39, 0.29) is 12.3 Å². The van der Waals surface area contributed by atoms with E-state index in [9.17, 15) is 4.79 Å². The van der Waals surface area contributed by atoms with Gasteiger partial charge in [-0.1, -0.05) is 43.5 Å². The standard InChI is InChI=1S/C14H15NO2/c1-4-10-8-7-9-12(11(10)5-2)13(15)14(16)17-6-3/h4-5,7-9,15H,1-2,6H2,3H3. The summed E-state index contributed by atoms with van der Waals surface area (Å²) >= 11 is 0. The highest BCUT2D eigenvalue weighted by atomic mass is 16.5. The lowest BCUT2D eigenvalue weighted by molar-refractivity contribution is -0.135. The number of nitrogens with one attached hydrogen (secondary N) is 1. The molecule has 1 aromatic carbocycles. The maximum Gasteiger partial charge on any atom is 0.356 e. The van der Waals surface area contributed by atoms with Crippen molar-refractivity contribution >= 4 is 23.8 Å². The number of ether oxygens (including phenoxy) is 1. The van der Waals surface area contributed by atoms with Crippen molar-refractivity contribution in [2.24, 2.45) is 0 Å². The Morgan fingerprint density at radius 3 is 2.65 bits per heavy atom. The number of benzene rings is 1. The molecule has 17 heavy (non-hydrogen) atoms. The predicted octanol–water partition coefficient (Wildman–Crippen LogP) is 2.90. The second-order valence-electron chi connectivity index (χ2n) is 3.31. The van der Waals surface area contributed by atoms with Gasteiger partial charge in [-0.3, -0.25) is 5.41 Å². The summed E-state index contributed by atoms with van der Waals surface area (Å²) < 4.78 is 4.81. The fourth-order valence-electron chi connectivity index (χ4n) is 1.52. The first-order valence-electron chi connectivity index (χ1n) is 5.29. The van der Waals surface area contributed by atoms with Gasteiger partial charge in [0.05, 0.1) is 6.61 Å². The molecule has 3 nitrogen and oxygen atoms in total. The molecule has 1 N–H and O–H groups in total. The Hall–Kier alpha value is -2.16.